The first kappa shape index (κ1) is 84.9. The maximum atomic E-state index is 13.3. The average Bonchev–Trinajstić information content (AvgIpc) is 0.745. The number of allylic oxidation sites excluding steroid dienone is 3. The summed E-state index contributed by atoms with van der Waals surface area (Å²) in [6, 6.07) is 8.73. The summed E-state index contributed by atoms with van der Waals surface area (Å²) < 4.78 is 84.8. The Morgan fingerprint density at radius 3 is 1.45 bits per heavy atom. The predicted molar refractivity (Wildman–Crippen MR) is 353 cm³/mol. The van der Waals surface area contributed by atoms with Crippen LogP contribution in [-0.4, -0.2) is 210 Å². The van der Waals surface area contributed by atoms with Gasteiger partial charge in [0.1, 0.15) is 112 Å². The number of alkyl halides is 2. The molecule has 2 heterocycles. The lowest BCUT2D eigenvalue weighted by Crippen LogP contribution is -2.44. The molecule has 2 fully saturated rings. The molecule has 2 atom stereocenters. The molecule has 0 radical (unpaired) electrons. The standard InChI is InChI=1S/C44H57NO15.C13H21NO7.C9H14O6.CH2Cl2/c1-29(46)56-25-43(5,38(48)54-24-23-52-7)26-58-41(51)59-28-44(6,37(47)53-22-20-45-39(49)60-42(2,3)4)27-57-40(50)55-21-9-8-11-30-14-15-33-17-16-31-12-10-13-32-18-19-34(30)36(33)35(31)32;1-12(2,3)21-10(16)14-5-6-18-9(15)13(4)7-19-11(17)20-8-13;1-9(5-14-8(11)15-6-9)7(10)13-4-3-12-2;2-1-3/h10,13-16,18-19H,8-9,11-12,17,20-28H2,1-7H3,(H,45,49);5-8H2,1-4H3,(H,14,16);3-6H2,1-2H3;1H2. The Morgan fingerprint density at radius 1 is 0.535 bits per heavy atom. The molecule has 2 aliphatic heterocycles. The number of hydrogen-bond donors (Lipinski definition) is 2. The van der Waals surface area contributed by atoms with Crippen molar-refractivity contribution >= 4 is 112 Å². The van der Waals surface area contributed by atoms with Crippen molar-refractivity contribution < 1.29 is 133 Å². The number of amides is 2. The molecule has 30 nitrogen and oxygen atoms in total. The Labute approximate surface area is 585 Å². The average molecular weight is 1450 g/mol. The summed E-state index contributed by atoms with van der Waals surface area (Å²) in [4.78, 5) is 131. The van der Waals surface area contributed by atoms with E-state index < -0.39 is 126 Å². The van der Waals surface area contributed by atoms with E-state index in [0.717, 1.165) is 32.6 Å². The minimum absolute atomic E-state index is 0.0123. The smallest absolute Gasteiger partial charge is 0.465 e. The molecule has 2 aliphatic carbocycles. The van der Waals surface area contributed by atoms with Crippen molar-refractivity contribution in [3.05, 3.63) is 58.7 Å². The number of unbranched alkanes of at least 4 members (excludes halogenated alkanes) is 1. The summed E-state index contributed by atoms with van der Waals surface area (Å²) in [5.74, 6) is -3.45. The van der Waals surface area contributed by atoms with E-state index in [-0.39, 0.29) is 84.5 Å². The molecule has 32 heteroatoms. The van der Waals surface area contributed by atoms with Gasteiger partial charge in [0.15, 0.2) is 0 Å². The van der Waals surface area contributed by atoms with Crippen molar-refractivity contribution in [3.63, 3.8) is 0 Å². The number of carbonyl (C=O) groups is 11. The zero-order chi connectivity index (χ0) is 74.0. The quantitative estimate of drug-likeness (QED) is 0.0331. The number of cyclic esters (lactones) is 4. The molecule has 2 amide bonds. The lowest BCUT2D eigenvalue weighted by molar-refractivity contribution is -0.168. The first-order valence-electron chi connectivity index (χ1n) is 31.5. The summed E-state index contributed by atoms with van der Waals surface area (Å²) in [6.07, 6.45) is 5.42. The third kappa shape index (κ3) is 30.3. The molecule has 0 saturated carbocycles. The largest absolute Gasteiger partial charge is 0.508 e. The second-order valence-electron chi connectivity index (χ2n) is 25.7. The van der Waals surface area contributed by atoms with Crippen LogP contribution in [0, 0.1) is 21.7 Å². The van der Waals surface area contributed by atoms with E-state index in [1.165, 1.54) is 66.7 Å². The fourth-order valence-electron chi connectivity index (χ4n) is 8.82. The van der Waals surface area contributed by atoms with E-state index in [0.29, 0.717) is 13.0 Å². The second kappa shape index (κ2) is 41.3. The molecule has 554 valence electrons. The van der Waals surface area contributed by atoms with Crippen LogP contribution in [0.25, 0.3) is 22.4 Å². The number of esters is 5. The van der Waals surface area contributed by atoms with Gasteiger partial charge in [0.2, 0.25) is 0 Å². The maximum absolute atomic E-state index is 13.3. The molecule has 0 spiro atoms. The number of rotatable bonds is 29. The number of alkyl carbamates (subject to hydrolysis) is 2. The van der Waals surface area contributed by atoms with Gasteiger partial charge in [-0.15, -0.1) is 23.2 Å². The molecular formula is C67H94Cl2N2O28. The highest BCUT2D eigenvalue weighted by molar-refractivity contribution is 6.40. The predicted octanol–water partition coefficient (Wildman–Crippen LogP) is 9.66. The molecule has 2 saturated heterocycles. The number of aryl methyl sites for hydroxylation is 1. The van der Waals surface area contributed by atoms with Crippen molar-refractivity contribution in [2.45, 2.75) is 119 Å². The summed E-state index contributed by atoms with van der Waals surface area (Å²) in [5, 5.41) is 7.68. The summed E-state index contributed by atoms with van der Waals surface area (Å²) in [6.45, 7) is 15.0. The van der Waals surface area contributed by atoms with E-state index in [2.05, 4.69) is 72.1 Å². The van der Waals surface area contributed by atoms with Crippen LogP contribution in [0.4, 0.5) is 28.8 Å². The number of hydrogen-bond acceptors (Lipinski definition) is 28. The fraction of sp³-hybridized carbons (Fsp3) is 0.627. The number of methoxy groups -OCH3 is 2. The molecule has 0 bridgehead atoms. The van der Waals surface area contributed by atoms with Gasteiger partial charge in [-0.25, -0.2) is 28.8 Å². The molecule has 0 aromatic heterocycles. The lowest BCUT2D eigenvalue weighted by Gasteiger charge is -2.29. The minimum atomic E-state index is -1.77. The van der Waals surface area contributed by atoms with Gasteiger partial charge in [0, 0.05) is 21.1 Å². The van der Waals surface area contributed by atoms with Gasteiger partial charge in [-0.3, -0.25) is 24.0 Å². The zero-order valence-corrected chi connectivity index (χ0v) is 60.0. The summed E-state index contributed by atoms with van der Waals surface area (Å²) in [5.41, 5.74) is -0.176. The molecule has 4 aliphatic rings. The van der Waals surface area contributed by atoms with Crippen molar-refractivity contribution in [2.24, 2.45) is 21.7 Å². The van der Waals surface area contributed by atoms with Gasteiger partial charge in [0.25, 0.3) is 0 Å². The Bertz CT molecular complexity index is 3120. The van der Waals surface area contributed by atoms with E-state index in [9.17, 15) is 52.7 Å². The molecule has 6 rings (SSSR count). The monoisotopic (exact) mass is 1440 g/mol. The zero-order valence-electron chi connectivity index (χ0n) is 58.5. The van der Waals surface area contributed by atoms with Crippen molar-refractivity contribution in [1.82, 2.24) is 10.6 Å². The van der Waals surface area contributed by atoms with Crippen molar-refractivity contribution in [1.29, 1.82) is 0 Å². The van der Waals surface area contributed by atoms with Crippen molar-refractivity contribution in [3.8, 4) is 0 Å². The third-order valence-corrected chi connectivity index (χ3v) is 14.1. The Balaban J connectivity index is 0.000000526. The van der Waals surface area contributed by atoms with Crippen molar-refractivity contribution in [2.75, 3.05) is 132 Å². The SMILES string of the molecule is CC(C)(C)OC(=O)NCCOC(=O)C1(C)COC(=O)OC1.COCCOC(=O)C(C)(COC(C)=O)COC(=O)OCC(C)(COC(=O)OCCCCc1ccc2c3c4c(ccc13)C=CCC4=CC2)C(=O)OCCNC(=O)OC(C)(C)C.COCCOC(=O)C1(C)COC(=O)OC1.ClCCl. The van der Waals surface area contributed by atoms with E-state index in [1.54, 1.807) is 55.4 Å². The highest BCUT2D eigenvalue weighted by Gasteiger charge is 2.44. The maximum Gasteiger partial charge on any atom is 0.508 e. The number of halogens is 2. The van der Waals surface area contributed by atoms with Gasteiger partial charge >= 0.3 is 66.7 Å². The number of nitrogens with one attached hydrogen (secondary N) is 2. The normalized spacial score (nSPS) is 15.6. The van der Waals surface area contributed by atoms with E-state index in [4.69, 9.17) is 84.8 Å². The molecule has 99 heavy (non-hydrogen) atoms. The molecule has 2 aromatic rings. The van der Waals surface area contributed by atoms with Gasteiger partial charge in [-0.1, -0.05) is 42.5 Å². The van der Waals surface area contributed by atoms with Crippen LogP contribution in [0.2, 0.25) is 0 Å². The lowest BCUT2D eigenvalue weighted by atomic mass is 9.80. The summed E-state index contributed by atoms with van der Waals surface area (Å²) in [7, 11) is 2.93. The summed E-state index contributed by atoms with van der Waals surface area (Å²) >= 11 is 9.53. The van der Waals surface area contributed by atoms with Crippen LogP contribution in [0.1, 0.15) is 118 Å². The van der Waals surface area contributed by atoms with E-state index >= 15 is 0 Å². The number of benzene rings is 2. The molecule has 2 unspecified atom stereocenters. The van der Waals surface area contributed by atoms with Gasteiger partial charge in [0.05, 0.1) is 38.2 Å². The molecule has 2 aromatic carbocycles. The molecule has 2 N–H and O–H groups in total. The van der Waals surface area contributed by atoms with Crippen LogP contribution in [0.3, 0.4) is 0 Å². The second-order valence-corrected chi connectivity index (χ2v) is 26.5. The topological polar surface area (TPSA) is 369 Å². The van der Waals surface area contributed by atoms with Gasteiger partial charge in [-0.2, -0.15) is 0 Å². The van der Waals surface area contributed by atoms with Crippen LogP contribution in [0.15, 0.2) is 36.4 Å². The van der Waals surface area contributed by atoms with Crippen LogP contribution in [-0.2, 0) is 117 Å². The van der Waals surface area contributed by atoms with Gasteiger partial charge < -0.3 is 91.2 Å². The Kier molecular flexibility index (Phi) is 35.4. The Morgan fingerprint density at radius 2 is 0.980 bits per heavy atom. The first-order valence-corrected chi connectivity index (χ1v) is 32.6. The molecular weight excluding hydrogens is 1350 g/mol. The minimum Gasteiger partial charge on any atom is -0.465 e. The van der Waals surface area contributed by atoms with E-state index in [1.807, 2.05) is 0 Å². The first-order chi connectivity index (χ1) is 46.6. The fourth-order valence-corrected chi connectivity index (χ4v) is 8.82. The van der Waals surface area contributed by atoms with Crippen LogP contribution < -0.4 is 10.6 Å². The number of carbonyl (C=O) groups excluding carboxylic acids is 11. The highest BCUT2D eigenvalue weighted by Crippen LogP contribution is 2.41. The van der Waals surface area contributed by atoms with Crippen LogP contribution >= 0.6 is 23.2 Å². The third-order valence-electron chi connectivity index (χ3n) is 14.1. The number of ether oxygens (including phenoxy) is 17. The Hall–Kier alpha value is -8.35. The highest BCUT2D eigenvalue weighted by atomic mass is 35.5. The van der Waals surface area contributed by atoms with Gasteiger partial charge in [-0.05, 0) is 140 Å². The van der Waals surface area contributed by atoms with Crippen LogP contribution in [0.5, 0.6) is 0 Å².